The molecule has 0 radical (unpaired) electrons. The second-order valence-corrected chi connectivity index (χ2v) is 9.96. The van der Waals surface area contributed by atoms with E-state index in [0.29, 0.717) is 12.5 Å². The first-order valence-electron chi connectivity index (χ1n) is 9.66. The van der Waals surface area contributed by atoms with Gasteiger partial charge in [0.15, 0.2) is 0 Å². The summed E-state index contributed by atoms with van der Waals surface area (Å²) in [4.78, 5) is 4.56. The Labute approximate surface area is 175 Å². The van der Waals surface area contributed by atoms with E-state index >= 15 is 0 Å². The minimum absolute atomic E-state index is 0.0182. The van der Waals surface area contributed by atoms with E-state index in [-0.39, 0.29) is 10.8 Å². The minimum Gasteiger partial charge on any atom is -0.487 e. The van der Waals surface area contributed by atoms with Gasteiger partial charge in [-0.15, -0.1) is 0 Å². The summed E-state index contributed by atoms with van der Waals surface area (Å²) in [5.41, 5.74) is 2.78. The third kappa shape index (κ3) is 5.55. The fraction of sp³-hybridized carbons (Fsp3) is 0.348. The van der Waals surface area contributed by atoms with E-state index in [1.54, 1.807) is 0 Å². The average molecular weight is 413 g/mol. The van der Waals surface area contributed by atoms with Crippen molar-refractivity contribution in [3.05, 3.63) is 71.6 Å². The van der Waals surface area contributed by atoms with Crippen LogP contribution in [0.3, 0.4) is 0 Å². The third-order valence-corrected chi connectivity index (χ3v) is 6.19. The van der Waals surface area contributed by atoms with E-state index in [1.165, 1.54) is 0 Å². The van der Waals surface area contributed by atoms with Crippen LogP contribution < -0.4 is 9.46 Å². The molecule has 5 nitrogen and oxygen atoms in total. The number of aromatic nitrogens is 1. The third-order valence-electron chi connectivity index (χ3n) is 4.51. The quantitative estimate of drug-likeness (QED) is 0.569. The molecule has 2 atom stereocenters. The molecule has 1 unspecified atom stereocenters. The normalized spacial score (nSPS) is 13.8. The van der Waals surface area contributed by atoms with Crippen LogP contribution in [0.4, 0.5) is 0 Å². The maximum Gasteiger partial charge on any atom is 0.226 e. The van der Waals surface area contributed by atoms with Crippen molar-refractivity contribution in [1.82, 2.24) is 9.71 Å². The number of hydrogen-bond acceptors (Lipinski definition) is 4. The number of oxazole rings is 1. The first-order chi connectivity index (χ1) is 13.7. The Morgan fingerprint density at radius 2 is 1.76 bits per heavy atom. The second-order valence-electron chi connectivity index (χ2n) is 7.97. The Kier molecular flexibility index (Phi) is 6.55. The molecule has 0 aliphatic heterocycles. The fourth-order valence-corrected chi connectivity index (χ4v) is 3.49. The maximum atomic E-state index is 12.3. The molecule has 0 saturated heterocycles. The van der Waals surface area contributed by atoms with E-state index in [0.717, 1.165) is 28.3 Å². The zero-order chi connectivity index (χ0) is 21.0. The molecule has 1 N–H and O–H groups in total. The van der Waals surface area contributed by atoms with E-state index in [4.69, 9.17) is 9.15 Å². The summed E-state index contributed by atoms with van der Waals surface area (Å²) in [7, 11) is -1.12. The molecular formula is C23H28N2O3S. The predicted molar refractivity (Wildman–Crippen MR) is 117 cm³/mol. The molecular weight excluding hydrogens is 384 g/mol. The van der Waals surface area contributed by atoms with Crippen molar-refractivity contribution in [1.29, 1.82) is 0 Å². The summed E-state index contributed by atoms with van der Waals surface area (Å²) >= 11 is 0. The summed E-state index contributed by atoms with van der Waals surface area (Å²) in [5, 5.41) is 0. The largest absolute Gasteiger partial charge is 0.487 e. The second kappa shape index (κ2) is 8.93. The lowest BCUT2D eigenvalue weighted by molar-refractivity contribution is 0.299. The molecule has 0 bridgehead atoms. The fourth-order valence-electron chi connectivity index (χ4n) is 2.68. The topological polar surface area (TPSA) is 64.4 Å². The summed E-state index contributed by atoms with van der Waals surface area (Å²) in [6, 6.07) is 17.6. The van der Waals surface area contributed by atoms with E-state index in [2.05, 4.69) is 9.71 Å². The Morgan fingerprint density at radius 1 is 1.10 bits per heavy atom. The lowest BCUT2D eigenvalue weighted by Gasteiger charge is -2.22. The highest BCUT2D eigenvalue weighted by Crippen LogP contribution is 2.24. The van der Waals surface area contributed by atoms with Crippen molar-refractivity contribution in [3.63, 3.8) is 0 Å². The van der Waals surface area contributed by atoms with Crippen molar-refractivity contribution < 1.29 is 13.4 Å². The van der Waals surface area contributed by atoms with Gasteiger partial charge in [-0.3, -0.25) is 0 Å². The number of nitrogens with one attached hydrogen (secondary N) is 1. The highest BCUT2D eigenvalue weighted by molar-refractivity contribution is 7.84. The smallest absolute Gasteiger partial charge is 0.226 e. The van der Waals surface area contributed by atoms with E-state index < -0.39 is 11.0 Å². The van der Waals surface area contributed by atoms with Crippen LogP contribution in [0.1, 0.15) is 50.8 Å². The lowest BCUT2D eigenvalue weighted by atomic mass is 10.1. The van der Waals surface area contributed by atoms with E-state index in [9.17, 15) is 4.21 Å². The average Bonchev–Trinajstić information content (AvgIpc) is 3.07. The maximum absolute atomic E-state index is 12.3. The highest BCUT2D eigenvalue weighted by atomic mass is 32.2. The van der Waals surface area contributed by atoms with Gasteiger partial charge in [0.05, 0.1) is 15.7 Å². The number of benzene rings is 2. The Balaban J connectivity index is 1.61. The number of nitrogens with zero attached hydrogens (tertiary/aromatic N) is 1. The van der Waals surface area contributed by atoms with E-state index in [1.807, 2.05) is 89.2 Å². The van der Waals surface area contributed by atoms with Gasteiger partial charge in [-0.25, -0.2) is 13.9 Å². The molecule has 154 valence electrons. The van der Waals surface area contributed by atoms with Gasteiger partial charge in [0.2, 0.25) is 5.89 Å². The molecule has 0 fully saturated rings. The van der Waals surface area contributed by atoms with Crippen molar-refractivity contribution in [3.8, 4) is 17.2 Å². The van der Waals surface area contributed by atoms with Crippen molar-refractivity contribution in [2.45, 2.75) is 52.0 Å². The van der Waals surface area contributed by atoms with Crippen LogP contribution in [0.5, 0.6) is 5.75 Å². The molecule has 1 heterocycles. The molecule has 0 aliphatic carbocycles. The summed E-state index contributed by atoms with van der Waals surface area (Å²) < 4.78 is 26.8. The van der Waals surface area contributed by atoms with Crippen molar-refractivity contribution >= 4 is 11.0 Å². The number of rotatable bonds is 7. The van der Waals surface area contributed by atoms with Gasteiger partial charge in [0.1, 0.15) is 23.8 Å². The van der Waals surface area contributed by atoms with Crippen molar-refractivity contribution in [2.24, 2.45) is 0 Å². The van der Waals surface area contributed by atoms with Crippen molar-refractivity contribution in [2.75, 3.05) is 0 Å². The molecule has 1 aromatic heterocycles. The zero-order valence-electron chi connectivity index (χ0n) is 17.6. The lowest BCUT2D eigenvalue weighted by Crippen LogP contribution is -2.34. The SMILES string of the molecule is Cc1oc(-c2ccccc2)nc1COc1ccc([C@H](C)NS(=O)C(C)(C)C)cc1. The van der Waals surface area contributed by atoms with Gasteiger partial charge in [-0.2, -0.15) is 0 Å². The van der Waals surface area contributed by atoms with Gasteiger partial charge in [0, 0.05) is 11.6 Å². The van der Waals surface area contributed by atoms with Crippen LogP contribution in [-0.2, 0) is 17.6 Å². The van der Waals surface area contributed by atoms with Gasteiger partial charge < -0.3 is 9.15 Å². The number of ether oxygens (including phenoxy) is 1. The molecule has 29 heavy (non-hydrogen) atoms. The molecule has 0 aliphatic rings. The van der Waals surface area contributed by atoms with Crippen LogP contribution >= 0.6 is 0 Å². The molecule has 2 aromatic carbocycles. The summed E-state index contributed by atoms with van der Waals surface area (Å²) in [6.07, 6.45) is 0. The Bertz CT molecular complexity index is 960. The minimum atomic E-state index is -1.12. The first-order valence-corrected chi connectivity index (χ1v) is 10.8. The number of aryl methyl sites for hydroxylation is 1. The molecule has 0 amide bonds. The van der Waals surface area contributed by atoms with Crippen LogP contribution in [0, 0.1) is 6.92 Å². The Morgan fingerprint density at radius 3 is 2.38 bits per heavy atom. The van der Waals surface area contributed by atoms with Crippen LogP contribution in [-0.4, -0.2) is 13.9 Å². The number of hydrogen-bond donors (Lipinski definition) is 1. The van der Waals surface area contributed by atoms with Crippen LogP contribution in [0.25, 0.3) is 11.5 Å². The highest BCUT2D eigenvalue weighted by Gasteiger charge is 2.21. The summed E-state index contributed by atoms with van der Waals surface area (Å²) in [5.74, 6) is 2.10. The summed E-state index contributed by atoms with van der Waals surface area (Å²) in [6.45, 7) is 10.1. The first kappa shape index (κ1) is 21.3. The zero-order valence-corrected chi connectivity index (χ0v) is 18.4. The van der Waals surface area contributed by atoms with Gasteiger partial charge in [-0.1, -0.05) is 30.3 Å². The van der Waals surface area contributed by atoms with Crippen LogP contribution in [0.2, 0.25) is 0 Å². The van der Waals surface area contributed by atoms with Crippen LogP contribution in [0.15, 0.2) is 59.0 Å². The van der Waals surface area contributed by atoms with Gasteiger partial charge >= 0.3 is 0 Å². The molecule has 0 spiro atoms. The van der Waals surface area contributed by atoms with Gasteiger partial charge in [-0.05, 0) is 64.4 Å². The monoisotopic (exact) mass is 412 g/mol. The molecule has 3 rings (SSSR count). The standard InChI is InChI=1S/C23H28N2O3S/c1-16(25-29(26)23(3,4)5)18-11-13-20(14-12-18)27-15-21-17(2)28-22(24-21)19-9-7-6-8-10-19/h6-14,16,25H,15H2,1-5H3/t16-,29?/m0/s1. The molecule has 6 heteroatoms. The molecule has 0 saturated carbocycles. The molecule has 3 aromatic rings. The van der Waals surface area contributed by atoms with Gasteiger partial charge in [0.25, 0.3) is 0 Å². The predicted octanol–water partition coefficient (Wildman–Crippen LogP) is 5.34. The Hall–Kier alpha value is -2.44.